The standard InChI is InChI=1S/C28H33F2N7O2/c1-3-18-16-19(6-7-20(18)28(38)34-13-5-12-32-11-4-10-31)36-26-27-35-17-22(37(27)15-14-33-26)21-8-9-23(39-2)25(30)24(21)29/h6-9,14-17,32H,3-5,10-13,31H2,1-2H3,(H,33,36)(H,34,38). The lowest BCUT2D eigenvalue weighted by molar-refractivity contribution is 0.0952. The minimum atomic E-state index is -1.06. The summed E-state index contributed by atoms with van der Waals surface area (Å²) in [5, 5.41) is 9.51. The Bertz CT molecular complexity index is 1440. The maximum atomic E-state index is 14.8. The number of rotatable bonds is 13. The van der Waals surface area contributed by atoms with Gasteiger partial charge in [0, 0.05) is 35.8 Å². The molecule has 0 saturated carbocycles. The van der Waals surface area contributed by atoms with Crippen LogP contribution in [0.1, 0.15) is 35.7 Å². The van der Waals surface area contributed by atoms with Crippen LogP contribution in [-0.2, 0) is 6.42 Å². The average molecular weight is 538 g/mol. The van der Waals surface area contributed by atoms with Crippen molar-refractivity contribution in [1.29, 1.82) is 0 Å². The molecule has 9 nitrogen and oxygen atoms in total. The summed E-state index contributed by atoms with van der Waals surface area (Å²) >= 11 is 0. The number of carbonyl (C=O) groups excluding carboxylic acids is 1. The molecule has 11 heteroatoms. The van der Waals surface area contributed by atoms with Crippen molar-refractivity contribution in [2.75, 3.05) is 38.6 Å². The smallest absolute Gasteiger partial charge is 0.251 e. The van der Waals surface area contributed by atoms with Crippen LogP contribution in [0.25, 0.3) is 16.9 Å². The van der Waals surface area contributed by atoms with Crippen LogP contribution in [-0.4, -0.2) is 53.6 Å². The van der Waals surface area contributed by atoms with Crippen molar-refractivity contribution in [3.63, 3.8) is 0 Å². The maximum absolute atomic E-state index is 14.8. The maximum Gasteiger partial charge on any atom is 0.251 e. The van der Waals surface area contributed by atoms with E-state index < -0.39 is 11.6 Å². The summed E-state index contributed by atoms with van der Waals surface area (Å²) in [4.78, 5) is 21.6. The molecule has 0 fully saturated rings. The highest BCUT2D eigenvalue weighted by molar-refractivity contribution is 5.96. The first-order valence-electron chi connectivity index (χ1n) is 12.9. The van der Waals surface area contributed by atoms with Gasteiger partial charge >= 0.3 is 0 Å². The number of ether oxygens (including phenoxy) is 1. The molecular weight excluding hydrogens is 504 g/mol. The molecule has 2 heterocycles. The van der Waals surface area contributed by atoms with E-state index in [1.807, 2.05) is 13.0 Å². The van der Waals surface area contributed by atoms with Gasteiger partial charge in [-0.15, -0.1) is 0 Å². The van der Waals surface area contributed by atoms with Crippen molar-refractivity contribution >= 4 is 23.1 Å². The first-order valence-corrected chi connectivity index (χ1v) is 12.9. The van der Waals surface area contributed by atoms with Crippen molar-refractivity contribution in [1.82, 2.24) is 25.0 Å². The second kappa shape index (κ2) is 13.1. The number of hydrogen-bond donors (Lipinski definition) is 4. The van der Waals surface area contributed by atoms with Crippen LogP contribution < -0.4 is 26.4 Å². The Morgan fingerprint density at radius 1 is 1.08 bits per heavy atom. The molecular formula is C28H33F2N7O2. The Labute approximate surface area is 225 Å². The average Bonchev–Trinajstić information content (AvgIpc) is 3.38. The highest BCUT2D eigenvalue weighted by Crippen LogP contribution is 2.31. The molecule has 0 aliphatic heterocycles. The molecule has 0 aliphatic rings. The van der Waals surface area contributed by atoms with Crippen molar-refractivity contribution in [2.45, 2.75) is 26.2 Å². The molecule has 5 N–H and O–H groups in total. The summed E-state index contributed by atoms with van der Waals surface area (Å²) < 4.78 is 35.6. The number of imidazole rings is 1. The van der Waals surface area contributed by atoms with Gasteiger partial charge in [0.15, 0.2) is 23.0 Å². The topological polar surface area (TPSA) is 119 Å². The van der Waals surface area contributed by atoms with Gasteiger partial charge in [0.2, 0.25) is 5.82 Å². The zero-order valence-electron chi connectivity index (χ0n) is 22.1. The zero-order valence-corrected chi connectivity index (χ0v) is 22.1. The molecule has 4 rings (SSSR count). The lowest BCUT2D eigenvalue weighted by Crippen LogP contribution is -2.28. The SMILES string of the molecule is CCc1cc(Nc2nccn3c(-c4ccc(OC)c(F)c4F)cnc23)ccc1C(=O)NCCCNCCCN. The Kier molecular flexibility index (Phi) is 9.40. The summed E-state index contributed by atoms with van der Waals surface area (Å²) in [6.07, 6.45) is 7.05. The number of aromatic nitrogens is 3. The monoisotopic (exact) mass is 537 g/mol. The number of carbonyl (C=O) groups is 1. The summed E-state index contributed by atoms with van der Waals surface area (Å²) in [7, 11) is 1.28. The summed E-state index contributed by atoms with van der Waals surface area (Å²) in [5.41, 5.74) is 8.55. The number of nitrogens with two attached hydrogens (primary N) is 1. The van der Waals surface area contributed by atoms with E-state index >= 15 is 0 Å². The number of nitrogens with zero attached hydrogens (tertiary/aromatic N) is 3. The summed E-state index contributed by atoms with van der Waals surface area (Å²) in [5.74, 6) is -1.94. The normalized spacial score (nSPS) is 11.1. The zero-order chi connectivity index (χ0) is 27.8. The number of halogens is 2. The molecule has 4 aromatic rings. The lowest BCUT2D eigenvalue weighted by atomic mass is 10.0. The van der Waals surface area contributed by atoms with Crippen molar-refractivity contribution < 1.29 is 18.3 Å². The van der Waals surface area contributed by atoms with Crippen molar-refractivity contribution in [3.8, 4) is 17.0 Å². The number of aryl methyl sites for hydroxylation is 1. The van der Waals surface area contributed by atoms with Crippen LogP contribution in [0, 0.1) is 11.6 Å². The fourth-order valence-electron chi connectivity index (χ4n) is 4.28. The third kappa shape index (κ3) is 6.32. The molecule has 0 bridgehead atoms. The van der Waals surface area contributed by atoms with Gasteiger partial charge in [-0.3, -0.25) is 9.20 Å². The van der Waals surface area contributed by atoms with Gasteiger partial charge in [-0.25, -0.2) is 14.4 Å². The Hall–Kier alpha value is -4.09. The van der Waals surface area contributed by atoms with E-state index in [-0.39, 0.29) is 17.2 Å². The molecule has 0 unspecified atom stereocenters. The highest BCUT2D eigenvalue weighted by Gasteiger charge is 2.19. The largest absolute Gasteiger partial charge is 0.494 e. The number of hydrogen-bond acceptors (Lipinski definition) is 7. The lowest BCUT2D eigenvalue weighted by Gasteiger charge is -2.13. The van der Waals surface area contributed by atoms with Crippen LogP contribution in [0.15, 0.2) is 48.9 Å². The Morgan fingerprint density at radius 2 is 1.90 bits per heavy atom. The van der Waals surface area contributed by atoms with Gasteiger partial charge in [0.05, 0.1) is 19.0 Å². The fraction of sp³-hybridized carbons (Fsp3) is 0.321. The van der Waals surface area contributed by atoms with Gasteiger partial charge < -0.3 is 26.4 Å². The second-order valence-corrected chi connectivity index (χ2v) is 8.91. The van der Waals surface area contributed by atoms with E-state index in [4.69, 9.17) is 10.5 Å². The van der Waals surface area contributed by atoms with Crippen molar-refractivity contribution in [2.24, 2.45) is 5.73 Å². The molecule has 39 heavy (non-hydrogen) atoms. The fourth-order valence-corrected chi connectivity index (χ4v) is 4.28. The quantitative estimate of drug-likeness (QED) is 0.190. The molecule has 206 valence electrons. The molecule has 0 spiro atoms. The number of anilines is 2. The third-order valence-corrected chi connectivity index (χ3v) is 6.34. The molecule has 0 radical (unpaired) electrons. The minimum Gasteiger partial charge on any atom is -0.494 e. The van der Waals surface area contributed by atoms with Crippen molar-refractivity contribution in [3.05, 3.63) is 71.7 Å². The Morgan fingerprint density at radius 3 is 2.67 bits per heavy atom. The second-order valence-electron chi connectivity index (χ2n) is 8.91. The van der Waals surface area contributed by atoms with Gasteiger partial charge in [0.1, 0.15) is 0 Å². The predicted octanol–water partition coefficient (Wildman–Crippen LogP) is 4.05. The van der Waals surface area contributed by atoms with Gasteiger partial charge in [-0.05, 0) is 74.8 Å². The van der Waals surface area contributed by atoms with Crippen LogP contribution in [0.2, 0.25) is 0 Å². The van der Waals surface area contributed by atoms with Crippen LogP contribution in [0.5, 0.6) is 5.75 Å². The van der Waals surface area contributed by atoms with E-state index in [0.29, 0.717) is 42.2 Å². The molecule has 2 aromatic carbocycles. The summed E-state index contributed by atoms with van der Waals surface area (Å²) in [6, 6.07) is 8.30. The molecule has 1 amide bonds. The number of nitrogens with one attached hydrogen (secondary N) is 3. The van der Waals surface area contributed by atoms with E-state index in [1.165, 1.54) is 25.4 Å². The van der Waals surface area contributed by atoms with Crippen LogP contribution in [0.3, 0.4) is 0 Å². The predicted molar refractivity (Wildman–Crippen MR) is 147 cm³/mol. The van der Waals surface area contributed by atoms with Gasteiger partial charge in [-0.2, -0.15) is 4.39 Å². The number of amides is 1. The van der Waals surface area contributed by atoms with Crippen LogP contribution in [0.4, 0.5) is 20.3 Å². The number of fused-ring (bicyclic) bond motifs is 1. The first kappa shape index (κ1) is 27.9. The third-order valence-electron chi connectivity index (χ3n) is 6.34. The van der Waals surface area contributed by atoms with E-state index in [0.717, 1.165) is 37.2 Å². The van der Waals surface area contributed by atoms with Crippen LogP contribution >= 0.6 is 0 Å². The van der Waals surface area contributed by atoms with E-state index in [9.17, 15) is 13.6 Å². The number of benzene rings is 2. The highest BCUT2D eigenvalue weighted by atomic mass is 19.2. The molecule has 0 aliphatic carbocycles. The molecule has 2 aromatic heterocycles. The summed E-state index contributed by atoms with van der Waals surface area (Å²) in [6.45, 7) is 4.91. The number of methoxy groups -OCH3 is 1. The van der Waals surface area contributed by atoms with Gasteiger partial charge in [-0.1, -0.05) is 6.92 Å². The Balaban J connectivity index is 1.49. The minimum absolute atomic E-state index is 0.0490. The van der Waals surface area contributed by atoms with E-state index in [1.54, 1.807) is 28.9 Å². The molecule has 0 atom stereocenters. The molecule has 0 saturated heterocycles. The first-order chi connectivity index (χ1) is 19.0. The van der Waals surface area contributed by atoms with E-state index in [2.05, 4.69) is 25.9 Å². The van der Waals surface area contributed by atoms with Gasteiger partial charge in [0.25, 0.3) is 5.91 Å².